The van der Waals surface area contributed by atoms with Gasteiger partial charge in [-0.25, -0.2) is 0 Å². The van der Waals surface area contributed by atoms with Crippen LogP contribution in [0.5, 0.6) is 0 Å². The van der Waals surface area contributed by atoms with E-state index < -0.39 is 0 Å². The van der Waals surface area contributed by atoms with Crippen molar-refractivity contribution in [1.82, 2.24) is 5.32 Å². The molecule has 1 aliphatic carbocycles. The van der Waals surface area contributed by atoms with Crippen molar-refractivity contribution in [2.75, 3.05) is 13.1 Å². The molecule has 2 nitrogen and oxygen atoms in total. The van der Waals surface area contributed by atoms with Crippen LogP contribution in [-0.2, 0) is 4.74 Å². The minimum absolute atomic E-state index is 0.172. The predicted octanol–water partition coefficient (Wildman–Crippen LogP) is 2.52. The Morgan fingerprint density at radius 1 is 1.07 bits per heavy atom. The Labute approximate surface area is 91.4 Å². The van der Waals surface area contributed by atoms with Gasteiger partial charge in [-0.05, 0) is 63.3 Å². The van der Waals surface area contributed by atoms with Crippen molar-refractivity contribution in [2.45, 2.75) is 44.1 Å². The molecule has 0 saturated carbocycles. The van der Waals surface area contributed by atoms with Crippen molar-refractivity contribution in [3.05, 3.63) is 23.5 Å². The minimum Gasteiger partial charge on any atom is -0.487 e. The van der Waals surface area contributed by atoms with Crippen LogP contribution in [0.3, 0.4) is 0 Å². The van der Waals surface area contributed by atoms with Gasteiger partial charge in [0.1, 0.15) is 11.4 Å². The Hall–Kier alpha value is -0.760. The van der Waals surface area contributed by atoms with E-state index in [1.165, 1.54) is 43.4 Å². The summed E-state index contributed by atoms with van der Waals surface area (Å²) < 4.78 is 6.27. The highest BCUT2D eigenvalue weighted by Gasteiger charge is 2.38. The second-order valence-electron chi connectivity index (χ2n) is 4.91. The zero-order chi connectivity index (χ0) is 10.1. The first kappa shape index (κ1) is 9.46. The van der Waals surface area contributed by atoms with Gasteiger partial charge in [-0.1, -0.05) is 6.08 Å². The Morgan fingerprint density at radius 2 is 1.87 bits per heavy atom. The lowest BCUT2D eigenvalue weighted by molar-refractivity contribution is -0.0409. The van der Waals surface area contributed by atoms with E-state index in [9.17, 15) is 0 Å². The fourth-order valence-electron chi connectivity index (χ4n) is 2.92. The lowest BCUT2D eigenvalue weighted by atomic mass is 9.82. The van der Waals surface area contributed by atoms with Crippen LogP contribution in [0.15, 0.2) is 23.5 Å². The van der Waals surface area contributed by atoms with Gasteiger partial charge in [0.25, 0.3) is 0 Å². The lowest BCUT2D eigenvalue weighted by Crippen LogP contribution is -2.45. The summed E-state index contributed by atoms with van der Waals surface area (Å²) in [5.41, 5.74) is 1.64. The molecule has 0 aromatic heterocycles. The zero-order valence-corrected chi connectivity index (χ0v) is 9.22. The summed E-state index contributed by atoms with van der Waals surface area (Å²) in [6.45, 7) is 2.23. The van der Waals surface area contributed by atoms with Gasteiger partial charge in [-0.3, -0.25) is 0 Å². The molecule has 0 radical (unpaired) electrons. The topological polar surface area (TPSA) is 21.3 Å². The number of hydrogen-bond donors (Lipinski definition) is 1. The number of ether oxygens (including phenoxy) is 1. The molecule has 3 rings (SSSR count). The van der Waals surface area contributed by atoms with Crippen LogP contribution in [0.4, 0.5) is 0 Å². The van der Waals surface area contributed by atoms with Gasteiger partial charge in [0, 0.05) is 0 Å². The molecule has 0 amide bonds. The number of nitrogens with one attached hydrogen (secondary N) is 1. The van der Waals surface area contributed by atoms with E-state index >= 15 is 0 Å². The third-order valence-corrected chi connectivity index (χ3v) is 3.89. The molecule has 0 atom stereocenters. The van der Waals surface area contributed by atoms with Crippen LogP contribution < -0.4 is 5.32 Å². The smallest absolute Gasteiger partial charge is 0.119 e. The molecule has 3 aliphatic rings. The van der Waals surface area contributed by atoms with E-state index in [1.807, 2.05) is 0 Å². The monoisotopic (exact) mass is 205 g/mol. The molecule has 15 heavy (non-hydrogen) atoms. The number of fused-ring (bicyclic) bond motifs is 1. The summed E-state index contributed by atoms with van der Waals surface area (Å²) in [6, 6.07) is 0. The molecule has 1 spiro atoms. The van der Waals surface area contributed by atoms with Gasteiger partial charge in [0.15, 0.2) is 0 Å². The molecule has 0 aromatic rings. The second-order valence-corrected chi connectivity index (χ2v) is 4.91. The normalized spacial score (nSPS) is 28.8. The van der Waals surface area contributed by atoms with Crippen molar-refractivity contribution < 1.29 is 4.74 Å². The number of allylic oxidation sites excluding steroid dienone is 3. The molecule has 2 saturated heterocycles. The summed E-state index contributed by atoms with van der Waals surface area (Å²) in [4.78, 5) is 0. The molecule has 2 aliphatic heterocycles. The quantitative estimate of drug-likeness (QED) is 0.656. The predicted molar refractivity (Wildman–Crippen MR) is 60.6 cm³/mol. The number of hydrogen-bond acceptors (Lipinski definition) is 2. The fraction of sp³-hybridized carbons (Fsp3) is 0.692. The maximum atomic E-state index is 6.27. The molecule has 0 aromatic carbocycles. The highest BCUT2D eigenvalue weighted by molar-refractivity contribution is 5.32. The maximum Gasteiger partial charge on any atom is 0.119 e. The van der Waals surface area contributed by atoms with E-state index in [2.05, 4.69) is 17.5 Å². The Kier molecular flexibility index (Phi) is 2.32. The number of piperidine rings is 1. The third-order valence-electron chi connectivity index (χ3n) is 3.89. The van der Waals surface area contributed by atoms with E-state index in [0.29, 0.717) is 0 Å². The molecule has 1 N–H and O–H groups in total. The third kappa shape index (κ3) is 1.71. The maximum absolute atomic E-state index is 6.27. The first-order chi connectivity index (χ1) is 7.38. The van der Waals surface area contributed by atoms with Gasteiger partial charge < -0.3 is 10.1 Å². The van der Waals surface area contributed by atoms with Gasteiger partial charge in [-0.2, -0.15) is 0 Å². The van der Waals surface area contributed by atoms with Crippen molar-refractivity contribution in [1.29, 1.82) is 0 Å². The average molecular weight is 205 g/mol. The van der Waals surface area contributed by atoms with Crippen molar-refractivity contribution in [3.8, 4) is 0 Å². The SMILES string of the molecule is C1=C2CCC3(CCNCC3)OC2=CCC1. The Morgan fingerprint density at radius 3 is 2.73 bits per heavy atom. The summed E-state index contributed by atoms with van der Waals surface area (Å²) in [5.74, 6) is 1.20. The second kappa shape index (κ2) is 3.67. The van der Waals surface area contributed by atoms with Crippen molar-refractivity contribution in [3.63, 3.8) is 0 Å². The molecule has 0 bridgehead atoms. The Bertz CT molecular complexity index is 310. The first-order valence-corrected chi connectivity index (χ1v) is 6.17. The summed E-state index contributed by atoms with van der Waals surface area (Å²) in [5, 5.41) is 3.41. The summed E-state index contributed by atoms with van der Waals surface area (Å²) in [7, 11) is 0. The van der Waals surface area contributed by atoms with Gasteiger partial charge >= 0.3 is 0 Å². The van der Waals surface area contributed by atoms with Crippen LogP contribution in [0.25, 0.3) is 0 Å². The Balaban J connectivity index is 1.79. The lowest BCUT2D eigenvalue weighted by Gasteiger charge is -2.43. The molecule has 0 unspecified atom stereocenters. The van der Waals surface area contributed by atoms with Crippen LogP contribution >= 0.6 is 0 Å². The van der Waals surface area contributed by atoms with Crippen molar-refractivity contribution in [2.24, 2.45) is 0 Å². The van der Waals surface area contributed by atoms with E-state index in [4.69, 9.17) is 4.74 Å². The summed E-state index contributed by atoms with van der Waals surface area (Å²) in [6.07, 6.45) is 11.8. The first-order valence-electron chi connectivity index (χ1n) is 6.17. The van der Waals surface area contributed by atoms with Crippen molar-refractivity contribution >= 4 is 0 Å². The highest BCUT2D eigenvalue weighted by Crippen LogP contribution is 2.41. The number of rotatable bonds is 0. The molecule has 2 heterocycles. The largest absolute Gasteiger partial charge is 0.487 e. The van der Waals surface area contributed by atoms with E-state index in [1.54, 1.807) is 0 Å². The molecule has 2 fully saturated rings. The summed E-state index contributed by atoms with van der Waals surface area (Å²) >= 11 is 0. The van der Waals surface area contributed by atoms with Gasteiger partial charge in [-0.15, -0.1) is 0 Å². The zero-order valence-electron chi connectivity index (χ0n) is 9.22. The fourth-order valence-corrected chi connectivity index (χ4v) is 2.92. The van der Waals surface area contributed by atoms with E-state index in [-0.39, 0.29) is 5.60 Å². The van der Waals surface area contributed by atoms with Crippen LogP contribution in [0.2, 0.25) is 0 Å². The van der Waals surface area contributed by atoms with E-state index in [0.717, 1.165) is 19.5 Å². The van der Waals surface area contributed by atoms with Gasteiger partial charge in [0.2, 0.25) is 0 Å². The molecule has 2 heteroatoms. The van der Waals surface area contributed by atoms with Gasteiger partial charge in [0.05, 0.1) is 0 Å². The molecular weight excluding hydrogens is 186 g/mol. The average Bonchev–Trinajstić information content (AvgIpc) is 2.30. The molecule has 82 valence electrons. The van der Waals surface area contributed by atoms with Crippen LogP contribution in [0.1, 0.15) is 38.5 Å². The minimum atomic E-state index is 0.172. The van der Waals surface area contributed by atoms with Crippen LogP contribution in [-0.4, -0.2) is 18.7 Å². The van der Waals surface area contributed by atoms with Crippen LogP contribution in [0, 0.1) is 0 Å². The highest BCUT2D eigenvalue weighted by atomic mass is 16.5. The standard InChI is InChI=1S/C13H19NO/c1-2-4-12-11(3-1)5-6-13(15-12)7-9-14-10-8-13/h3-4,14H,1-2,5-10H2. The molecular formula is C13H19NO.